The number of quaternary nitrogens is 1. The van der Waals surface area contributed by atoms with Crippen LogP contribution in [-0.2, 0) is 0 Å². The van der Waals surface area contributed by atoms with Crippen LogP contribution in [0.5, 0.6) is 0 Å². The van der Waals surface area contributed by atoms with Crippen molar-refractivity contribution in [3.63, 3.8) is 0 Å². The number of hydrogen-bond donors (Lipinski definition) is 1. The summed E-state index contributed by atoms with van der Waals surface area (Å²) in [4.78, 5) is 3.94. The molecule has 0 saturated heterocycles. The minimum atomic E-state index is 0.994. The summed E-state index contributed by atoms with van der Waals surface area (Å²) >= 11 is 0. The van der Waals surface area contributed by atoms with E-state index in [2.05, 4.69) is 24.8 Å². The van der Waals surface area contributed by atoms with Crippen molar-refractivity contribution >= 4 is 6.72 Å². The molecule has 0 aliphatic heterocycles. The van der Waals surface area contributed by atoms with Gasteiger partial charge in [-0.2, -0.15) is 0 Å². The topological polar surface area (TPSA) is 26.1 Å². The van der Waals surface area contributed by atoms with E-state index >= 15 is 0 Å². The molecule has 0 aliphatic rings. The van der Waals surface area contributed by atoms with E-state index in [9.17, 15) is 0 Å². The molecule has 0 atom stereocenters. The first-order valence-electron chi connectivity index (χ1n) is 6.32. The maximum absolute atomic E-state index is 3.96. The molecule has 0 amide bonds. The summed E-state index contributed by atoms with van der Waals surface area (Å²) in [6.45, 7) is 9.73. The molecule has 2 N–H and O–H groups in total. The van der Waals surface area contributed by atoms with Crippen LogP contribution in [0.1, 0.15) is 12.8 Å². The Morgan fingerprint density at radius 1 is 1.17 bits per heavy atom. The van der Waals surface area contributed by atoms with Crippen LogP contribution < -0.4 is 5.32 Å². The van der Waals surface area contributed by atoms with Crippen molar-refractivity contribution in [1.82, 2.24) is 9.80 Å². The minimum absolute atomic E-state index is 0.994. The van der Waals surface area contributed by atoms with Crippen LogP contribution in [0.25, 0.3) is 0 Å². The summed E-state index contributed by atoms with van der Waals surface area (Å²) in [6.07, 6.45) is 12.2. The fourth-order valence-corrected chi connectivity index (χ4v) is 1.23. The summed E-state index contributed by atoms with van der Waals surface area (Å²) in [6, 6.07) is 0. The van der Waals surface area contributed by atoms with Gasteiger partial charge in [0.15, 0.2) is 6.20 Å². The average molecular weight is 252 g/mol. The lowest BCUT2D eigenvalue weighted by Crippen LogP contribution is -2.78. The van der Waals surface area contributed by atoms with E-state index < -0.39 is 0 Å². The highest BCUT2D eigenvalue weighted by atomic mass is 15.1. The normalized spacial score (nSPS) is 11.1. The van der Waals surface area contributed by atoms with E-state index in [4.69, 9.17) is 0 Å². The molecule has 0 spiro atoms. The van der Waals surface area contributed by atoms with Crippen LogP contribution in [0, 0.1) is 0 Å². The van der Waals surface area contributed by atoms with E-state index in [0.29, 0.717) is 0 Å². The monoisotopic (exact) mass is 252 g/mol. The van der Waals surface area contributed by atoms with Gasteiger partial charge in [-0.15, -0.1) is 0 Å². The molecule has 0 rings (SSSR count). The predicted molar refractivity (Wildman–Crippen MR) is 78.2 cm³/mol. The maximum Gasteiger partial charge on any atom is 0.184 e. The zero-order chi connectivity index (χ0) is 13.8. The van der Waals surface area contributed by atoms with Crippen LogP contribution in [0.2, 0.25) is 0 Å². The van der Waals surface area contributed by atoms with Crippen molar-refractivity contribution < 1.29 is 9.89 Å². The Bertz CT molecular complexity index is 292. The summed E-state index contributed by atoms with van der Waals surface area (Å²) in [5, 5.41) is 2.18. The van der Waals surface area contributed by atoms with Gasteiger partial charge >= 0.3 is 0 Å². The zero-order valence-corrected chi connectivity index (χ0v) is 12.0. The third kappa shape index (κ3) is 11.0. The van der Waals surface area contributed by atoms with E-state index in [1.54, 1.807) is 6.20 Å². The van der Waals surface area contributed by atoms with E-state index in [1.165, 1.54) is 6.42 Å². The van der Waals surface area contributed by atoms with Crippen LogP contribution in [0.4, 0.5) is 0 Å². The number of nitrogens with two attached hydrogens (primary N) is 1. The second-order valence-corrected chi connectivity index (χ2v) is 4.50. The van der Waals surface area contributed by atoms with Crippen LogP contribution >= 0.6 is 0 Å². The summed E-state index contributed by atoms with van der Waals surface area (Å²) in [7, 11) is 5.98. The Morgan fingerprint density at radius 2 is 1.89 bits per heavy atom. The molecule has 102 valence electrons. The van der Waals surface area contributed by atoms with Crippen molar-refractivity contribution in [1.29, 1.82) is 0 Å². The highest BCUT2D eigenvalue weighted by Crippen LogP contribution is 1.88. The third-order valence-corrected chi connectivity index (χ3v) is 2.39. The predicted octanol–water partition coefficient (Wildman–Crippen LogP) is 0.622. The number of rotatable bonds is 10. The van der Waals surface area contributed by atoms with Gasteiger partial charge in [-0.25, -0.2) is 4.58 Å². The summed E-state index contributed by atoms with van der Waals surface area (Å²) < 4.78 is 1.97. The van der Waals surface area contributed by atoms with Crippen molar-refractivity contribution in [3.8, 4) is 0 Å². The molecule has 4 heteroatoms. The first-order chi connectivity index (χ1) is 8.56. The first-order valence-corrected chi connectivity index (χ1v) is 6.32. The SMILES string of the molecule is C=CN(C)C=C[NH2+]CCCC[N+](=C)C=CN(C)C. The highest BCUT2D eigenvalue weighted by Gasteiger charge is 1.97. The van der Waals surface area contributed by atoms with Crippen molar-refractivity contribution in [2.75, 3.05) is 34.2 Å². The Hall–Kier alpha value is -1.55. The highest BCUT2D eigenvalue weighted by molar-refractivity contribution is 5.15. The van der Waals surface area contributed by atoms with E-state index in [0.717, 1.165) is 19.5 Å². The average Bonchev–Trinajstić information content (AvgIpc) is 2.34. The summed E-state index contributed by atoms with van der Waals surface area (Å²) in [5.74, 6) is 0. The van der Waals surface area contributed by atoms with Gasteiger partial charge in [-0.3, -0.25) is 0 Å². The van der Waals surface area contributed by atoms with Crippen LogP contribution in [0.15, 0.2) is 37.6 Å². The van der Waals surface area contributed by atoms with E-state index in [1.807, 2.05) is 54.1 Å². The van der Waals surface area contributed by atoms with Crippen molar-refractivity contribution in [3.05, 3.63) is 37.6 Å². The van der Waals surface area contributed by atoms with Crippen LogP contribution in [0.3, 0.4) is 0 Å². The molecule has 0 unspecified atom stereocenters. The molecule has 18 heavy (non-hydrogen) atoms. The van der Waals surface area contributed by atoms with Gasteiger partial charge in [0.1, 0.15) is 19.5 Å². The Balaban J connectivity index is 3.48. The quantitative estimate of drug-likeness (QED) is 0.350. The number of unbranched alkanes of at least 4 members (excludes halogenated alkanes) is 1. The van der Waals surface area contributed by atoms with Crippen LogP contribution in [-0.4, -0.2) is 55.3 Å². The first kappa shape index (κ1) is 16.4. The molecule has 0 heterocycles. The van der Waals surface area contributed by atoms with E-state index in [-0.39, 0.29) is 0 Å². The lowest BCUT2D eigenvalue weighted by Gasteiger charge is -2.03. The van der Waals surface area contributed by atoms with Gasteiger partial charge in [0.05, 0.1) is 18.9 Å². The Labute approximate surface area is 112 Å². The fourth-order valence-electron chi connectivity index (χ4n) is 1.23. The Morgan fingerprint density at radius 3 is 2.50 bits per heavy atom. The van der Waals surface area contributed by atoms with Gasteiger partial charge in [-0.1, -0.05) is 6.58 Å². The molecular weight excluding hydrogens is 224 g/mol. The van der Waals surface area contributed by atoms with Crippen molar-refractivity contribution in [2.24, 2.45) is 0 Å². The Kier molecular flexibility index (Phi) is 9.68. The molecule has 0 saturated carbocycles. The molecule has 0 fully saturated rings. The van der Waals surface area contributed by atoms with Gasteiger partial charge < -0.3 is 15.1 Å². The molecule has 4 nitrogen and oxygen atoms in total. The molecule has 0 aromatic heterocycles. The smallest absolute Gasteiger partial charge is 0.184 e. The fraction of sp³-hybridized carbons (Fsp3) is 0.500. The maximum atomic E-state index is 3.96. The lowest BCUT2D eigenvalue weighted by molar-refractivity contribution is -0.589. The lowest BCUT2D eigenvalue weighted by atomic mass is 10.3. The molecule has 0 bridgehead atoms. The number of nitrogens with zero attached hydrogens (tertiary/aromatic N) is 3. The second kappa shape index (κ2) is 10.6. The standard InChI is InChI=1S/C14H27N4/c1-6-17(4)12-10-15-9-7-8-11-18(5)14-13-16(2)3/h6,10,12-15H,1,5,7-9,11H2,2-4H3/q+1/p+1. The molecule has 0 aromatic carbocycles. The molecular formula is C14H28N4+2. The summed E-state index contributed by atoms with van der Waals surface area (Å²) in [5.41, 5.74) is 0. The minimum Gasteiger partial charge on any atom is -0.379 e. The third-order valence-electron chi connectivity index (χ3n) is 2.39. The van der Waals surface area contributed by atoms with Gasteiger partial charge in [0.2, 0.25) is 0 Å². The largest absolute Gasteiger partial charge is 0.379 e. The van der Waals surface area contributed by atoms with Crippen molar-refractivity contribution in [2.45, 2.75) is 12.8 Å². The zero-order valence-electron chi connectivity index (χ0n) is 12.0. The van der Waals surface area contributed by atoms with Gasteiger partial charge in [0.25, 0.3) is 0 Å². The number of hydrogen-bond acceptors (Lipinski definition) is 2. The molecule has 0 aromatic rings. The molecule has 0 radical (unpaired) electrons. The molecule has 0 aliphatic carbocycles. The van der Waals surface area contributed by atoms with Gasteiger partial charge in [-0.05, 0) is 6.20 Å². The second-order valence-electron chi connectivity index (χ2n) is 4.50. The van der Waals surface area contributed by atoms with Gasteiger partial charge in [0, 0.05) is 34.0 Å².